The molecule has 1 aromatic heterocycles. The topological polar surface area (TPSA) is 88.2 Å². The van der Waals surface area contributed by atoms with Crippen molar-refractivity contribution >= 4 is 5.97 Å². The van der Waals surface area contributed by atoms with Crippen molar-refractivity contribution in [3.63, 3.8) is 0 Å². The van der Waals surface area contributed by atoms with E-state index in [9.17, 15) is 9.90 Å². The van der Waals surface area contributed by atoms with Gasteiger partial charge >= 0.3 is 5.97 Å². The van der Waals surface area contributed by atoms with Crippen molar-refractivity contribution in [3.8, 4) is 5.75 Å². The van der Waals surface area contributed by atoms with Crippen molar-refractivity contribution < 1.29 is 15.0 Å². The van der Waals surface area contributed by atoms with Gasteiger partial charge in [0.1, 0.15) is 5.75 Å². The first kappa shape index (κ1) is 12.1. The number of phenolic OH excluding ortho intramolecular Hbond substituents is 1. The van der Waals surface area contributed by atoms with Gasteiger partial charge in [-0.1, -0.05) is 30.3 Å². The quantitative estimate of drug-likeness (QED) is 0.850. The van der Waals surface area contributed by atoms with Crippen molar-refractivity contribution in [2.75, 3.05) is 0 Å². The number of phenols is 1. The average Bonchev–Trinajstić information content (AvgIpc) is 2.75. The molecular formula is C12H13N3O3. The molecule has 18 heavy (non-hydrogen) atoms. The third-order valence-corrected chi connectivity index (χ3v) is 2.69. The maximum absolute atomic E-state index is 10.9. The maximum atomic E-state index is 10.9. The molecule has 0 radical (unpaired) electrons. The van der Waals surface area contributed by atoms with E-state index in [0.717, 1.165) is 0 Å². The summed E-state index contributed by atoms with van der Waals surface area (Å²) in [7, 11) is 0. The molecule has 6 nitrogen and oxygen atoms in total. The van der Waals surface area contributed by atoms with Crippen LogP contribution in [0, 0.1) is 0 Å². The number of hydrogen-bond donors (Lipinski definition) is 2. The minimum absolute atomic E-state index is 0.0343. The van der Waals surface area contributed by atoms with Gasteiger partial charge in [0.25, 0.3) is 0 Å². The fraction of sp³-hybridized carbons (Fsp3) is 0.250. The first-order valence-corrected chi connectivity index (χ1v) is 5.56. The van der Waals surface area contributed by atoms with Crippen LogP contribution in [0.2, 0.25) is 0 Å². The van der Waals surface area contributed by atoms with Crippen LogP contribution in [0.25, 0.3) is 0 Å². The molecule has 94 valence electrons. The molecule has 0 aliphatic rings. The average molecular weight is 247 g/mol. The van der Waals surface area contributed by atoms with Crippen LogP contribution in [0.5, 0.6) is 5.75 Å². The maximum Gasteiger partial charge on any atom is 0.358 e. The van der Waals surface area contributed by atoms with Gasteiger partial charge in [-0.05, 0) is 12.5 Å². The van der Waals surface area contributed by atoms with Gasteiger partial charge in [0, 0.05) is 5.56 Å². The highest BCUT2D eigenvalue weighted by Gasteiger charge is 2.17. The van der Waals surface area contributed by atoms with Gasteiger partial charge < -0.3 is 10.2 Å². The molecule has 2 rings (SSSR count). The SMILES string of the molecule is CCc1c(C(=O)O)nnn1Cc1ccccc1O. The number of rotatable bonds is 4. The first-order valence-electron chi connectivity index (χ1n) is 5.56. The highest BCUT2D eigenvalue weighted by molar-refractivity contribution is 5.86. The summed E-state index contributed by atoms with van der Waals surface area (Å²) in [6.07, 6.45) is 0.516. The number of carboxylic acid groups (broad SMARTS) is 1. The molecule has 0 saturated carbocycles. The molecular weight excluding hydrogens is 234 g/mol. The Morgan fingerprint density at radius 2 is 2.11 bits per heavy atom. The summed E-state index contributed by atoms with van der Waals surface area (Å²) in [5, 5.41) is 26.1. The molecule has 0 fully saturated rings. The van der Waals surface area contributed by atoms with Crippen LogP contribution in [0.1, 0.15) is 28.7 Å². The third-order valence-electron chi connectivity index (χ3n) is 2.69. The van der Waals surface area contributed by atoms with Crippen molar-refractivity contribution in [2.24, 2.45) is 0 Å². The molecule has 0 aliphatic heterocycles. The van der Waals surface area contributed by atoms with E-state index in [0.29, 0.717) is 24.2 Å². The number of carboxylic acids is 1. The molecule has 6 heteroatoms. The number of aromatic carboxylic acids is 1. The highest BCUT2D eigenvalue weighted by Crippen LogP contribution is 2.18. The van der Waals surface area contributed by atoms with Crippen molar-refractivity contribution in [3.05, 3.63) is 41.2 Å². The van der Waals surface area contributed by atoms with Crippen molar-refractivity contribution in [1.82, 2.24) is 15.0 Å². The molecule has 1 heterocycles. The Morgan fingerprint density at radius 1 is 1.39 bits per heavy atom. The van der Waals surface area contributed by atoms with Crippen LogP contribution in [0.15, 0.2) is 24.3 Å². The molecule has 0 saturated heterocycles. The zero-order valence-corrected chi connectivity index (χ0v) is 9.87. The van der Waals surface area contributed by atoms with E-state index in [-0.39, 0.29) is 11.4 Å². The third kappa shape index (κ3) is 2.17. The van der Waals surface area contributed by atoms with Crippen molar-refractivity contribution in [2.45, 2.75) is 19.9 Å². The molecule has 0 spiro atoms. The zero-order chi connectivity index (χ0) is 13.1. The van der Waals surface area contributed by atoms with E-state index in [1.54, 1.807) is 24.3 Å². The van der Waals surface area contributed by atoms with E-state index in [2.05, 4.69) is 10.3 Å². The van der Waals surface area contributed by atoms with Gasteiger partial charge in [0.2, 0.25) is 0 Å². The summed E-state index contributed by atoms with van der Waals surface area (Å²) in [6, 6.07) is 6.87. The van der Waals surface area contributed by atoms with Gasteiger partial charge in [0.05, 0.1) is 12.2 Å². The lowest BCUT2D eigenvalue weighted by Crippen LogP contribution is -2.08. The molecule has 0 atom stereocenters. The van der Waals surface area contributed by atoms with Crippen LogP contribution in [-0.2, 0) is 13.0 Å². The Morgan fingerprint density at radius 3 is 2.72 bits per heavy atom. The van der Waals surface area contributed by atoms with Gasteiger partial charge in [0.15, 0.2) is 5.69 Å². The van der Waals surface area contributed by atoms with Crippen LogP contribution >= 0.6 is 0 Å². The standard InChI is InChI=1S/C12H13N3O3/c1-2-9-11(12(17)18)13-14-15(9)7-8-5-3-4-6-10(8)16/h3-6,16H,2,7H2,1H3,(H,17,18). The summed E-state index contributed by atoms with van der Waals surface area (Å²) in [4.78, 5) is 10.9. The van der Waals surface area contributed by atoms with Crippen LogP contribution in [0.4, 0.5) is 0 Å². The molecule has 0 unspecified atom stereocenters. The van der Waals surface area contributed by atoms with Gasteiger partial charge in [-0.25, -0.2) is 9.48 Å². The largest absolute Gasteiger partial charge is 0.508 e. The smallest absolute Gasteiger partial charge is 0.358 e. The Kier molecular flexibility index (Phi) is 3.27. The first-order chi connectivity index (χ1) is 8.63. The molecule has 0 amide bonds. The van der Waals surface area contributed by atoms with E-state index in [1.807, 2.05) is 6.92 Å². The van der Waals surface area contributed by atoms with Gasteiger partial charge in [-0.15, -0.1) is 5.10 Å². The van der Waals surface area contributed by atoms with E-state index >= 15 is 0 Å². The molecule has 0 aliphatic carbocycles. The van der Waals surface area contributed by atoms with Crippen LogP contribution < -0.4 is 0 Å². The van der Waals surface area contributed by atoms with Gasteiger partial charge in [-0.3, -0.25) is 0 Å². The summed E-state index contributed by atoms with van der Waals surface area (Å²) in [5.74, 6) is -0.928. The number of nitrogens with zero attached hydrogens (tertiary/aromatic N) is 3. The second-order valence-electron chi connectivity index (χ2n) is 3.83. The zero-order valence-electron chi connectivity index (χ0n) is 9.87. The predicted octanol–water partition coefficient (Wildman–Crippen LogP) is 1.29. The molecule has 0 bridgehead atoms. The number of benzene rings is 1. The minimum atomic E-state index is -1.09. The number of aromatic nitrogens is 3. The summed E-state index contributed by atoms with van der Waals surface area (Å²) in [5.41, 5.74) is 1.19. The second-order valence-corrected chi connectivity index (χ2v) is 3.83. The van der Waals surface area contributed by atoms with E-state index in [1.165, 1.54) is 4.68 Å². The summed E-state index contributed by atoms with van der Waals surface area (Å²) in [6.45, 7) is 2.14. The van der Waals surface area contributed by atoms with Crippen LogP contribution in [0.3, 0.4) is 0 Å². The second kappa shape index (κ2) is 4.87. The fourth-order valence-corrected chi connectivity index (χ4v) is 1.78. The van der Waals surface area contributed by atoms with Crippen LogP contribution in [-0.4, -0.2) is 31.2 Å². The molecule has 1 aromatic carbocycles. The summed E-state index contributed by atoms with van der Waals surface area (Å²) < 4.78 is 1.50. The lowest BCUT2D eigenvalue weighted by Gasteiger charge is -2.06. The lowest BCUT2D eigenvalue weighted by molar-refractivity contribution is 0.0689. The van der Waals surface area contributed by atoms with Gasteiger partial charge in [-0.2, -0.15) is 0 Å². The van der Waals surface area contributed by atoms with Crippen molar-refractivity contribution in [1.29, 1.82) is 0 Å². The predicted molar refractivity (Wildman–Crippen MR) is 63.6 cm³/mol. The number of para-hydroxylation sites is 1. The number of hydrogen-bond acceptors (Lipinski definition) is 4. The Labute approximate surface area is 103 Å². The Balaban J connectivity index is 2.35. The summed E-state index contributed by atoms with van der Waals surface area (Å²) >= 11 is 0. The monoisotopic (exact) mass is 247 g/mol. The Bertz CT molecular complexity index is 578. The Hall–Kier alpha value is -2.37. The van der Waals surface area contributed by atoms with E-state index in [4.69, 9.17) is 5.11 Å². The number of aromatic hydroxyl groups is 1. The lowest BCUT2D eigenvalue weighted by atomic mass is 10.2. The number of carbonyl (C=O) groups is 1. The highest BCUT2D eigenvalue weighted by atomic mass is 16.4. The van der Waals surface area contributed by atoms with E-state index < -0.39 is 5.97 Å². The molecule has 2 aromatic rings. The fourth-order valence-electron chi connectivity index (χ4n) is 1.78. The molecule has 2 N–H and O–H groups in total. The minimum Gasteiger partial charge on any atom is -0.508 e. The normalized spacial score (nSPS) is 10.5.